The van der Waals surface area contributed by atoms with Crippen LogP contribution >= 0.6 is 0 Å². The molecule has 34 heavy (non-hydrogen) atoms. The van der Waals surface area contributed by atoms with Gasteiger partial charge in [-0.05, 0) is 17.7 Å². The van der Waals surface area contributed by atoms with E-state index in [9.17, 15) is 9.90 Å². The number of amides is 1. The number of rotatable bonds is 5. The summed E-state index contributed by atoms with van der Waals surface area (Å²) in [7, 11) is 3.13. The maximum atomic E-state index is 13.1. The minimum atomic E-state index is -0.550. The molecule has 2 atom stereocenters. The minimum absolute atomic E-state index is 0.0800. The van der Waals surface area contributed by atoms with Crippen LogP contribution in [0.1, 0.15) is 6.42 Å². The van der Waals surface area contributed by atoms with Crippen molar-refractivity contribution in [2.75, 3.05) is 52.4 Å². The Labute approximate surface area is 196 Å². The number of nitrogens with one attached hydrogen (secondary N) is 1. The smallest absolute Gasteiger partial charge is 0.260 e. The number of benzene rings is 1. The molecule has 1 fully saturated rings. The zero-order valence-electron chi connectivity index (χ0n) is 19.1. The number of aromatic nitrogens is 3. The molecule has 0 saturated carbocycles. The zero-order valence-corrected chi connectivity index (χ0v) is 19.1. The number of ether oxygens (including phenoxy) is 4. The lowest BCUT2D eigenvalue weighted by Crippen LogP contribution is -2.41. The molecule has 0 spiro atoms. The van der Waals surface area contributed by atoms with Gasteiger partial charge in [-0.3, -0.25) is 4.79 Å². The third-order valence-electron chi connectivity index (χ3n) is 6.06. The van der Waals surface area contributed by atoms with E-state index >= 15 is 0 Å². The van der Waals surface area contributed by atoms with E-state index in [1.807, 2.05) is 6.07 Å². The first-order valence-electron chi connectivity index (χ1n) is 11.1. The van der Waals surface area contributed by atoms with Crippen LogP contribution in [-0.2, 0) is 14.3 Å². The highest BCUT2D eigenvalue weighted by Gasteiger charge is 2.40. The predicted octanol–water partition coefficient (Wildman–Crippen LogP) is 1.55. The maximum Gasteiger partial charge on any atom is 0.260 e. The van der Waals surface area contributed by atoms with Gasteiger partial charge in [-0.15, -0.1) is 0 Å². The summed E-state index contributed by atoms with van der Waals surface area (Å²) in [5.74, 6) is 0.765. The Kier molecular flexibility index (Phi) is 6.12. The molecule has 2 N–H and O–H groups in total. The molecule has 2 aliphatic heterocycles. The molecule has 2 aromatic heterocycles. The first kappa shape index (κ1) is 22.2. The molecule has 3 aromatic rings. The molecule has 0 radical (unpaired) electrons. The summed E-state index contributed by atoms with van der Waals surface area (Å²) in [6.07, 6.45) is 3.34. The van der Waals surface area contributed by atoms with Crippen molar-refractivity contribution in [1.29, 1.82) is 0 Å². The second kappa shape index (κ2) is 9.35. The van der Waals surface area contributed by atoms with Gasteiger partial charge in [0.15, 0.2) is 11.4 Å². The SMILES string of the molecule is COCCO[C@@H]1C[C@H]2COc3nc4c(cnn4cc3OC)-c3cc(O)cc(c3)NCCN2C1=O. The van der Waals surface area contributed by atoms with Crippen LogP contribution in [-0.4, -0.2) is 89.8 Å². The molecular weight excluding hydrogens is 442 g/mol. The largest absolute Gasteiger partial charge is 0.508 e. The van der Waals surface area contributed by atoms with E-state index in [4.69, 9.17) is 18.9 Å². The maximum absolute atomic E-state index is 13.1. The molecule has 1 amide bonds. The number of methoxy groups -OCH3 is 2. The molecule has 2 aliphatic rings. The van der Waals surface area contributed by atoms with Crippen LogP contribution in [0.2, 0.25) is 0 Å². The van der Waals surface area contributed by atoms with Gasteiger partial charge < -0.3 is 34.3 Å². The Bertz CT molecular complexity index is 1200. The summed E-state index contributed by atoms with van der Waals surface area (Å²) in [6.45, 7) is 1.94. The van der Waals surface area contributed by atoms with Crippen molar-refractivity contribution in [2.24, 2.45) is 0 Å². The lowest BCUT2D eigenvalue weighted by Gasteiger charge is -2.25. The van der Waals surface area contributed by atoms with E-state index < -0.39 is 6.10 Å². The van der Waals surface area contributed by atoms with E-state index in [2.05, 4.69) is 15.4 Å². The fourth-order valence-electron chi connectivity index (χ4n) is 4.39. The summed E-state index contributed by atoms with van der Waals surface area (Å²) < 4.78 is 24.0. The van der Waals surface area contributed by atoms with Crippen LogP contribution in [0, 0.1) is 0 Å². The lowest BCUT2D eigenvalue weighted by atomic mass is 10.1. The van der Waals surface area contributed by atoms with Crippen molar-refractivity contribution in [3.8, 4) is 28.5 Å². The second-order valence-corrected chi connectivity index (χ2v) is 8.22. The number of anilines is 1. The highest BCUT2D eigenvalue weighted by Crippen LogP contribution is 2.34. The van der Waals surface area contributed by atoms with Gasteiger partial charge in [-0.1, -0.05) is 0 Å². The number of carbonyl (C=O) groups is 1. The van der Waals surface area contributed by atoms with Crippen LogP contribution < -0.4 is 14.8 Å². The fraction of sp³-hybridized carbons (Fsp3) is 0.435. The molecule has 11 heteroatoms. The number of aromatic hydroxyl groups is 1. The van der Waals surface area contributed by atoms with Gasteiger partial charge in [0.2, 0.25) is 0 Å². The summed E-state index contributed by atoms with van der Waals surface area (Å²) in [5.41, 5.74) is 2.78. The number of fused-ring (bicyclic) bond motifs is 5. The van der Waals surface area contributed by atoms with Crippen molar-refractivity contribution in [3.05, 3.63) is 30.6 Å². The number of nitrogens with zero attached hydrogens (tertiary/aromatic N) is 4. The first-order chi connectivity index (χ1) is 16.6. The molecule has 4 heterocycles. The van der Waals surface area contributed by atoms with Gasteiger partial charge in [0.25, 0.3) is 11.8 Å². The number of hydrogen-bond acceptors (Lipinski definition) is 9. The average Bonchev–Trinajstić information content (AvgIpc) is 3.37. The van der Waals surface area contributed by atoms with E-state index in [1.54, 1.807) is 41.1 Å². The molecule has 1 saturated heterocycles. The fourth-order valence-corrected chi connectivity index (χ4v) is 4.39. The number of hydrogen-bond donors (Lipinski definition) is 2. The second-order valence-electron chi connectivity index (χ2n) is 8.22. The topological polar surface area (TPSA) is 120 Å². The predicted molar refractivity (Wildman–Crippen MR) is 122 cm³/mol. The Balaban J connectivity index is 1.52. The molecule has 0 aliphatic carbocycles. The van der Waals surface area contributed by atoms with Crippen LogP contribution in [0.5, 0.6) is 17.4 Å². The number of phenolic OH excluding ortho intramolecular Hbond substituents is 1. The van der Waals surface area contributed by atoms with Crippen molar-refractivity contribution in [2.45, 2.75) is 18.6 Å². The standard InChI is InChI=1S/C23H27N5O6/c1-31-5-6-33-19-10-16-13-34-22-20(32-2)12-28-21(26-22)18(11-25-28)14-7-15(9-17(29)8-14)24-3-4-27(16)23(19)30/h7-9,11-12,16,19,24,29H,3-6,10,13H2,1-2H3/t16-,19+/m0/s1. The summed E-state index contributed by atoms with van der Waals surface area (Å²) in [4.78, 5) is 19.5. The highest BCUT2D eigenvalue weighted by molar-refractivity contribution is 5.84. The van der Waals surface area contributed by atoms with E-state index in [0.717, 1.165) is 16.8 Å². The van der Waals surface area contributed by atoms with Gasteiger partial charge >= 0.3 is 0 Å². The van der Waals surface area contributed by atoms with Crippen molar-refractivity contribution in [3.63, 3.8) is 0 Å². The third kappa shape index (κ3) is 4.19. The molecule has 180 valence electrons. The van der Waals surface area contributed by atoms with Crippen LogP contribution in [0.3, 0.4) is 0 Å². The number of carbonyl (C=O) groups excluding carboxylic acids is 1. The quantitative estimate of drug-likeness (QED) is 0.536. The van der Waals surface area contributed by atoms with Gasteiger partial charge in [-0.2, -0.15) is 10.1 Å². The van der Waals surface area contributed by atoms with Gasteiger partial charge in [0.05, 0.1) is 38.8 Å². The third-order valence-corrected chi connectivity index (χ3v) is 6.06. The highest BCUT2D eigenvalue weighted by atomic mass is 16.5. The summed E-state index contributed by atoms with van der Waals surface area (Å²) in [6, 6.07) is 5.01. The zero-order chi connectivity index (χ0) is 23.7. The lowest BCUT2D eigenvalue weighted by molar-refractivity contribution is -0.138. The molecule has 0 unspecified atom stereocenters. The van der Waals surface area contributed by atoms with E-state index in [-0.39, 0.29) is 24.3 Å². The first-order valence-corrected chi connectivity index (χ1v) is 11.1. The summed E-state index contributed by atoms with van der Waals surface area (Å²) in [5, 5.41) is 18.0. The van der Waals surface area contributed by atoms with E-state index in [1.165, 1.54) is 7.11 Å². The monoisotopic (exact) mass is 469 g/mol. The van der Waals surface area contributed by atoms with Crippen LogP contribution in [0.4, 0.5) is 5.69 Å². The molecule has 4 bridgehead atoms. The molecule has 5 rings (SSSR count). The molecule has 11 nitrogen and oxygen atoms in total. The summed E-state index contributed by atoms with van der Waals surface area (Å²) >= 11 is 0. The Hall–Kier alpha value is -3.57. The Morgan fingerprint density at radius 1 is 1.26 bits per heavy atom. The minimum Gasteiger partial charge on any atom is -0.508 e. The molecular formula is C23H27N5O6. The van der Waals surface area contributed by atoms with Crippen LogP contribution in [0.15, 0.2) is 30.6 Å². The van der Waals surface area contributed by atoms with E-state index in [0.29, 0.717) is 50.0 Å². The van der Waals surface area contributed by atoms with Gasteiger partial charge in [0, 0.05) is 43.9 Å². The van der Waals surface area contributed by atoms with Crippen molar-refractivity contribution >= 4 is 17.2 Å². The van der Waals surface area contributed by atoms with Gasteiger partial charge in [-0.25, -0.2) is 4.52 Å². The Morgan fingerprint density at radius 3 is 2.97 bits per heavy atom. The number of phenols is 1. The average molecular weight is 469 g/mol. The van der Waals surface area contributed by atoms with Crippen molar-refractivity contribution < 1.29 is 28.8 Å². The van der Waals surface area contributed by atoms with Crippen molar-refractivity contribution in [1.82, 2.24) is 19.5 Å². The normalized spacial score (nSPS) is 20.1. The van der Waals surface area contributed by atoms with Gasteiger partial charge in [0.1, 0.15) is 18.5 Å². The molecule has 1 aromatic carbocycles. The Morgan fingerprint density at radius 2 is 2.15 bits per heavy atom. The van der Waals surface area contributed by atoms with Crippen LogP contribution in [0.25, 0.3) is 16.8 Å².